The molecule has 1 rings (SSSR count). The number of hydrogen-bond acceptors (Lipinski definition) is 3. The van der Waals surface area contributed by atoms with Crippen molar-refractivity contribution in [2.45, 2.75) is 12.5 Å². The normalized spacial score (nSPS) is 12.5. The average molecular weight is 294 g/mol. The van der Waals surface area contributed by atoms with Crippen LogP contribution in [0.15, 0.2) is 22.8 Å². The SMILES string of the molecule is COCC(CCCl)Nc1ccc(Br)cn1. The zero-order valence-electron chi connectivity index (χ0n) is 8.54. The molecule has 15 heavy (non-hydrogen) atoms. The summed E-state index contributed by atoms with van der Waals surface area (Å²) in [4.78, 5) is 4.23. The lowest BCUT2D eigenvalue weighted by Gasteiger charge is -2.17. The summed E-state index contributed by atoms with van der Waals surface area (Å²) in [5.41, 5.74) is 0. The number of nitrogens with zero attached hydrogens (tertiary/aromatic N) is 1. The van der Waals surface area contributed by atoms with Crippen molar-refractivity contribution in [3.8, 4) is 0 Å². The molecule has 84 valence electrons. The topological polar surface area (TPSA) is 34.1 Å². The number of aromatic nitrogens is 1. The molecule has 0 aliphatic heterocycles. The number of alkyl halides is 1. The molecule has 5 heteroatoms. The number of pyridine rings is 1. The van der Waals surface area contributed by atoms with Crippen molar-refractivity contribution in [2.75, 3.05) is 24.9 Å². The van der Waals surface area contributed by atoms with Crippen molar-refractivity contribution in [1.29, 1.82) is 0 Å². The molecule has 0 fully saturated rings. The minimum atomic E-state index is 0.209. The summed E-state index contributed by atoms with van der Waals surface area (Å²) in [5.74, 6) is 1.45. The molecular formula is C10H14BrClN2O. The highest BCUT2D eigenvalue weighted by molar-refractivity contribution is 9.10. The number of ether oxygens (including phenoxy) is 1. The van der Waals surface area contributed by atoms with Crippen LogP contribution in [0.2, 0.25) is 0 Å². The van der Waals surface area contributed by atoms with E-state index in [9.17, 15) is 0 Å². The van der Waals surface area contributed by atoms with Crippen LogP contribution < -0.4 is 5.32 Å². The van der Waals surface area contributed by atoms with E-state index in [0.29, 0.717) is 12.5 Å². The molecule has 1 atom stereocenters. The van der Waals surface area contributed by atoms with Crippen LogP contribution in [-0.4, -0.2) is 30.6 Å². The molecule has 0 bridgehead atoms. The maximum Gasteiger partial charge on any atom is 0.126 e. The fraction of sp³-hybridized carbons (Fsp3) is 0.500. The summed E-state index contributed by atoms with van der Waals surface area (Å²) in [7, 11) is 1.68. The standard InChI is InChI=1S/C10H14BrClN2O/c1-15-7-9(4-5-12)14-10-3-2-8(11)6-13-10/h2-3,6,9H,4-5,7H2,1H3,(H,13,14). The molecule has 3 nitrogen and oxygen atoms in total. The average Bonchev–Trinajstić information content (AvgIpc) is 2.22. The summed E-state index contributed by atoms with van der Waals surface area (Å²) in [5, 5.41) is 3.27. The lowest BCUT2D eigenvalue weighted by atomic mass is 10.2. The van der Waals surface area contributed by atoms with Gasteiger partial charge in [0, 0.05) is 23.7 Å². The van der Waals surface area contributed by atoms with E-state index >= 15 is 0 Å². The minimum Gasteiger partial charge on any atom is -0.383 e. The van der Waals surface area contributed by atoms with E-state index in [1.807, 2.05) is 12.1 Å². The molecule has 1 heterocycles. The number of halogens is 2. The van der Waals surface area contributed by atoms with Gasteiger partial charge in [-0.3, -0.25) is 0 Å². The zero-order chi connectivity index (χ0) is 11.1. The fourth-order valence-electron chi connectivity index (χ4n) is 1.20. The monoisotopic (exact) mass is 292 g/mol. The maximum absolute atomic E-state index is 5.70. The zero-order valence-corrected chi connectivity index (χ0v) is 10.9. The highest BCUT2D eigenvalue weighted by Gasteiger charge is 2.07. The number of anilines is 1. The molecule has 1 aromatic heterocycles. The van der Waals surface area contributed by atoms with Gasteiger partial charge in [-0.1, -0.05) is 0 Å². The molecule has 0 saturated carbocycles. The number of nitrogens with one attached hydrogen (secondary N) is 1. The Morgan fingerprint density at radius 2 is 2.40 bits per heavy atom. The predicted octanol–water partition coefficient (Wildman–Crippen LogP) is 2.90. The van der Waals surface area contributed by atoms with E-state index in [0.717, 1.165) is 16.7 Å². The lowest BCUT2D eigenvalue weighted by Crippen LogP contribution is -2.25. The molecule has 0 spiro atoms. The van der Waals surface area contributed by atoms with Gasteiger partial charge in [0.25, 0.3) is 0 Å². The van der Waals surface area contributed by atoms with Gasteiger partial charge in [0.05, 0.1) is 12.6 Å². The van der Waals surface area contributed by atoms with Crippen LogP contribution in [-0.2, 0) is 4.74 Å². The molecular weight excluding hydrogens is 279 g/mol. The van der Waals surface area contributed by atoms with Crippen molar-refractivity contribution in [2.24, 2.45) is 0 Å². The quantitative estimate of drug-likeness (QED) is 0.819. The predicted molar refractivity (Wildman–Crippen MR) is 66.6 cm³/mol. The molecule has 0 saturated heterocycles. The second kappa shape index (κ2) is 7.04. The van der Waals surface area contributed by atoms with Gasteiger partial charge in [-0.15, -0.1) is 11.6 Å². The van der Waals surface area contributed by atoms with Crippen molar-refractivity contribution >= 4 is 33.3 Å². The molecule has 1 unspecified atom stereocenters. The van der Waals surface area contributed by atoms with Crippen molar-refractivity contribution in [3.63, 3.8) is 0 Å². The summed E-state index contributed by atoms with van der Waals surface area (Å²) < 4.78 is 6.06. The van der Waals surface area contributed by atoms with Crippen molar-refractivity contribution in [3.05, 3.63) is 22.8 Å². The van der Waals surface area contributed by atoms with Crippen LogP contribution in [0.4, 0.5) is 5.82 Å². The van der Waals surface area contributed by atoms with Crippen LogP contribution in [0.25, 0.3) is 0 Å². The number of rotatable bonds is 6. The third-order valence-electron chi connectivity index (χ3n) is 1.90. The van der Waals surface area contributed by atoms with Gasteiger partial charge < -0.3 is 10.1 Å². The van der Waals surface area contributed by atoms with Gasteiger partial charge in [-0.2, -0.15) is 0 Å². The fourth-order valence-corrected chi connectivity index (χ4v) is 1.70. The maximum atomic E-state index is 5.70. The van der Waals surface area contributed by atoms with E-state index in [-0.39, 0.29) is 6.04 Å². The van der Waals surface area contributed by atoms with E-state index in [2.05, 4.69) is 26.2 Å². The van der Waals surface area contributed by atoms with Crippen molar-refractivity contribution < 1.29 is 4.74 Å². The first-order chi connectivity index (χ1) is 7.26. The lowest BCUT2D eigenvalue weighted by molar-refractivity contribution is 0.184. The van der Waals surface area contributed by atoms with Gasteiger partial charge in [-0.05, 0) is 34.5 Å². The summed E-state index contributed by atoms with van der Waals surface area (Å²) in [6.45, 7) is 0.629. The van der Waals surface area contributed by atoms with Crippen molar-refractivity contribution in [1.82, 2.24) is 4.98 Å². The van der Waals surface area contributed by atoms with Gasteiger partial charge in [-0.25, -0.2) is 4.98 Å². The number of hydrogen-bond donors (Lipinski definition) is 1. The van der Waals surface area contributed by atoms with Crippen LogP contribution in [0.5, 0.6) is 0 Å². The Morgan fingerprint density at radius 3 is 2.93 bits per heavy atom. The van der Waals surface area contributed by atoms with Crippen LogP contribution in [0.3, 0.4) is 0 Å². The highest BCUT2D eigenvalue weighted by atomic mass is 79.9. The second-order valence-electron chi connectivity index (χ2n) is 3.14. The Bertz CT molecular complexity index is 275. The third-order valence-corrected chi connectivity index (χ3v) is 2.59. The Hall–Kier alpha value is -0.320. The van der Waals surface area contributed by atoms with Gasteiger partial charge in [0.15, 0.2) is 0 Å². The Morgan fingerprint density at radius 1 is 1.60 bits per heavy atom. The molecule has 0 amide bonds. The summed E-state index contributed by atoms with van der Waals surface area (Å²) in [6, 6.07) is 4.07. The van der Waals surface area contributed by atoms with E-state index in [1.165, 1.54) is 0 Å². The molecule has 0 aromatic carbocycles. The first-order valence-corrected chi connectivity index (χ1v) is 6.02. The third kappa shape index (κ3) is 4.82. The van der Waals surface area contributed by atoms with Gasteiger partial charge in [0.1, 0.15) is 5.82 Å². The van der Waals surface area contributed by atoms with Gasteiger partial charge >= 0.3 is 0 Å². The highest BCUT2D eigenvalue weighted by Crippen LogP contribution is 2.12. The smallest absolute Gasteiger partial charge is 0.126 e. The van der Waals surface area contributed by atoms with Gasteiger partial charge in [0.2, 0.25) is 0 Å². The molecule has 1 aromatic rings. The van der Waals surface area contributed by atoms with Crippen LogP contribution in [0, 0.1) is 0 Å². The molecule has 0 aliphatic rings. The molecule has 1 N–H and O–H groups in total. The van der Waals surface area contributed by atoms with Crippen LogP contribution in [0.1, 0.15) is 6.42 Å². The van der Waals surface area contributed by atoms with E-state index < -0.39 is 0 Å². The van der Waals surface area contributed by atoms with Crippen LogP contribution >= 0.6 is 27.5 Å². The Kier molecular flexibility index (Phi) is 5.98. The summed E-state index contributed by atoms with van der Waals surface area (Å²) >= 11 is 9.04. The first-order valence-electron chi connectivity index (χ1n) is 4.69. The molecule has 0 radical (unpaired) electrons. The van der Waals surface area contributed by atoms with E-state index in [1.54, 1.807) is 13.3 Å². The molecule has 0 aliphatic carbocycles. The largest absolute Gasteiger partial charge is 0.383 e. The first kappa shape index (κ1) is 12.7. The Balaban J connectivity index is 2.53. The minimum absolute atomic E-state index is 0.209. The Labute approximate surface area is 103 Å². The van der Waals surface area contributed by atoms with E-state index in [4.69, 9.17) is 16.3 Å². The second-order valence-corrected chi connectivity index (χ2v) is 4.43. The summed E-state index contributed by atoms with van der Waals surface area (Å²) in [6.07, 6.45) is 2.61. The number of methoxy groups -OCH3 is 1.